The van der Waals surface area contributed by atoms with Crippen LogP contribution in [-0.2, 0) is 0 Å². The number of aromatic amines is 1. The third-order valence-electron chi connectivity index (χ3n) is 6.30. The summed E-state index contributed by atoms with van der Waals surface area (Å²) in [6, 6.07) is 34.9. The second kappa shape index (κ2) is 7.42. The summed E-state index contributed by atoms with van der Waals surface area (Å²) in [6.45, 7) is 0. The largest absolute Gasteiger partial charge is 0.456 e. The van der Waals surface area contributed by atoms with E-state index >= 15 is 0 Å². The maximum Gasteiger partial charge on any atom is 0.176 e. The number of fused-ring (bicyclic) bond motifs is 5. The Kier molecular flexibility index (Phi) is 4.11. The SMILES string of the molecule is c1ccc(-c2cnc(-c3cc4ccc5oc6ccccc6c5c4[nH]3)nc2-c2ccccc2)cc1. The maximum absolute atomic E-state index is 6.07. The minimum Gasteiger partial charge on any atom is -0.456 e. The lowest BCUT2D eigenvalue weighted by atomic mass is 10.0. The zero-order chi connectivity index (χ0) is 22.5. The van der Waals surface area contributed by atoms with Crippen molar-refractivity contribution >= 4 is 32.8 Å². The van der Waals surface area contributed by atoms with Gasteiger partial charge in [0.05, 0.1) is 22.3 Å². The first-order valence-electron chi connectivity index (χ1n) is 11.3. The van der Waals surface area contributed by atoms with Gasteiger partial charge in [-0.3, -0.25) is 0 Å². The van der Waals surface area contributed by atoms with Crippen LogP contribution >= 0.6 is 0 Å². The highest BCUT2D eigenvalue weighted by Gasteiger charge is 2.16. The minimum absolute atomic E-state index is 0.663. The van der Waals surface area contributed by atoms with E-state index in [1.54, 1.807) is 0 Å². The number of rotatable bonds is 3. The molecule has 4 aromatic carbocycles. The quantitative estimate of drug-likeness (QED) is 0.306. The highest BCUT2D eigenvalue weighted by atomic mass is 16.3. The van der Waals surface area contributed by atoms with Crippen LogP contribution < -0.4 is 0 Å². The Morgan fingerprint density at radius 3 is 2.24 bits per heavy atom. The van der Waals surface area contributed by atoms with Crippen LogP contribution in [-0.4, -0.2) is 15.0 Å². The summed E-state index contributed by atoms with van der Waals surface area (Å²) < 4.78 is 6.07. The van der Waals surface area contributed by atoms with Gasteiger partial charge in [-0.2, -0.15) is 0 Å². The summed E-state index contributed by atoms with van der Waals surface area (Å²) in [7, 11) is 0. The van der Waals surface area contributed by atoms with Crippen molar-refractivity contribution in [2.75, 3.05) is 0 Å². The monoisotopic (exact) mass is 437 g/mol. The van der Waals surface area contributed by atoms with Crippen LogP contribution in [0.3, 0.4) is 0 Å². The van der Waals surface area contributed by atoms with Gasteiger partial charge in [-0.05, 0) is 29.8 Å². The van der Waals surface area contributed by atoms with Crippen molar-refractivity contribution in [2.24, 2.45) is 0 Å². The first-order chi connectivity index (χ1) is 16.8. The molecule has 0 aliphatic rings. The number of benzene rings is 4. The molecule has 0 radical (unpaired) electrons. The number of hydrogen-bond acceptors (Lipinski definition) is 3. The van der Waals surface area contributed by atoms with Crippen LogP contribution in [0.25, 0.3) is 66.7 Å². The standard InChI is InChI=1S/C30H19N3O/c1-3-9-19(10-4-1)23-18-31-30(33-28(23)20-11-5-2-6-12-20)24-17-21-15-16-26-27(29(21)32-24)22-13-7-8-14-25(22)34-26/h1-18,32H. The van der Waals surface area contributed by atoms with Crippen molar-refractivity contribution in [1.29, 1.82) is 0 Å². The topological polar surface area (TPSA) is 54.7 Å². The molecule has 3 heterocycles. The van der Waals surface area contributed by atoms with Crippen LogP contribution in [0.15, 0.2) is 114 Å². The molecule has 4 nitrogen and oxygen atoms in total. The molecular formula is C30H19N3O. The Morgan fingerprint density at radius 1 is 0.676 bits per heavy atom. The molecule has 0 unspecified atom stereocenters. The van der Waals surface area contributed by atoms with E-state index < -0.39 is 0 Å². The van der Waals surface area contributed by atoms with Gasteiger partial charge in [-0.1, -0.05) is 78.9 Å². The Hall–Kier alpha value is -4.70. The minimum atomic E-state index is 0.663. The Bertz CT molecular complexity index is 1800. The number of furan rings is 1. The third kappa shape index (κ3) is 2.93. The summed E-state index contributed by atoms with van der Waals surface area (Å²) in [5.41, 5.74) is 7.74. The van der Waals surface area contributed by atoms with Crippen molar-refractivity contribution < 1.29 is 4.42 Å². The van der Waals surface area contributed by atoms with E-state index in [4.69, 9.17) is 14.4 Å². The van der Waals surface area contributed by atoms with Gasteiger partial charge in [-0.15, -0.1) is 0 Å². The lowest BCUT2D eigenvalue weighted by molar-refractivity contribution is 0.669. The average molecular weight is 438 g/mol. The molecule has 0 amide bonds. The van der Waals surface area contributed by atoms with Gasteiger partial charge < -0.3 is 9.40 Å². The van der Waals surface area contributed by atoms with Gasteiger partial charge in [0.25, 0.3) is 0 Å². The van der Waals surface area contributed by atoms with Crippen LogP contribution in [0.1, 0.15) is 0 Å². The van der Waals surface area contributed by atoms with Crippen LogP contribution in [0.2, 0.25) is 0 Å². The molecule has 0 atom stereocenters. The average Bonchev–Trinajstić information content (AvgIpc) is 3.51. The summed E-state index contributed by atoms with van der Waals surface area (Å²) >= 11 is 0. The van der Waals surface area contributed by atoms with Gasteiger partial charge in [0.2, 0.25) is 0 Å². The van der Waals surface area contributed by atoms with E-state index in [9.17, 15) is 0 Å². The zero-order valence-corrected chi connectivity index (χ0v) is 18.2. The van der Waals surface area contributed by atoms with Crippen molar-refractivity contribution in [2.45, 2.75) is 0 Å². The first kappa shape index (κ1) is 18.8. The molecule has 0 saturated carbocycles. The van der Waals surface area contributed by atoms with Gasteiger partial charge in [-0.25, -0.2) is 9.97 Å². The number of hydrogen-bond donors (Lipinski definition) is 1. The Morgan fingerprint density at radius 2 is 1.41 bits per heavy atom. The lowest BCUT2D eigenvalue weighted by Crippen LogP contribution is -1.96. The lowest BCUT2D eigenvalue weighted by Gasteiger charge is -2.10. The van der Waals surface area contributed by atoms with Gasteiger partial charge in [0, 0.05) is 28.1 Å². The fraction of sp³-hybridized carbons (Fsp3) is 0. The number of nitrogens with one attached hydrogen (secondary N) is 1. The van der Waals surface area contributed by atoms with E-state index in [0.29, 0.717) is 5.82 Å². The molecule has 1 N–H and O–H groups in total. The van der Waals surface area contributed by atoms with E-state index in [2.05, 4.69) is 47.4 Å². The predicted molar refractivity (Wildman–Crippen MR) is 137 cm³/mol. The van der Waals surface area contributed by atoms with E-state index in [1.165, 1.54) is 0 Å². The molecule has 7 aromatic rings. The first-order valence-corrected chi connectivity index (χ1v) is 11.3. The molecule has 0 spiro atoms. The molecule has 34 heavy (non-hydrogen) atoms. The van der Waals surface area contributed by atoms with Crippen LogP contribution in [0.5, 0.6) is 0 Å². The van der Waals surface area contributed by atoms with E-state index in [-0.39, 0.29) is 0 Å². The van der Waals surface area contributed by atoms with Crippen LogP contribution in [0, 0.1) is 0 Å². The molecular weight excluding hydrogens is 418 g/mol. The van der Waals surface area contributed by atoms with Gasteiger partial charge in [0.1, 0.15) is 11.2 Å². The van der Waals surface area contributed by atoms with Crippen molar-refractivity contribution in [3.05, 3.63) is 109 Å². The third-order valence-corrected chi connectivity index (χ3v) is 6.30. The molecule has 3 aromatic heterocycles. The van der Waals surface area contributed by atoms with Crippen LogP contribution in [0.4, 0.5) is 0 Å². The molecule has 0 saturated heterocycles. The second-order valence-corrected chi connectivity index (χ2v) is 8.37. The fourth-order valence-corrected chi connectivity index (χ4v) is 4.69. The van der Waals surface area contributed by atoms with E-state index in [0.717, 1.165) is 60.9 Å². The van der Waals surface area contributed by atoms with Gasteiger partial charge >= 0.3 is 0 Å². The summed E-state index contributed by atoms with van der Waals surface area (Å²) in [5, 5.41) is 3.29. The Labute approximate surface area is 195 Å². The summed E-state index contributed by atoms with van der Waals surface area (Å²) in [4.78, 5) is 13.4. The summed E-state index contributed by atoms with van der Waals surface area (Å²) in [5.74, 6) is 0.663. The van der Waals surface area contributed by atoms with Crippen molar-refractivity contribution in [3.8, 4) is 33.9 Å². The molecule has 0 fully saturated rings. The highest BCUT2D eigenvalue weighted by Crippen LogP contribution is 2.37. The normalized spacial score (nSPS) is 11.5. The highest BCUT2D eigenvalue weighted by molar-refractivity contribution is 6.18. The zero-order valence-electron chi connectivity index (χ0n) is 18.2. The van der Waals surface area contributed by atoms with E-state index in [1.807, 2.05) is 66.9 Å². The van der Waals surface area contributed by atoms with Crippen molar-refractivity contribution in [3.63, 3.8) is 0 Å². The molecule has 7 rings (SSSR count). The Balaban J connectivity index is 1.45. The number of aromatic nitrogens is 3. The second-order valence-electron chi connectivity index (χ2n) is 8.37. The van der Waals surface area contributed by atoms with Crippen molar-refractivity contribution in [1.82, 2.24) is 15.0 Å². The molecule has 160 valence electrons. The molecule has 0 bridgehead atoms. The number of nitrogens with zero attached hydrogens (tertiary/aromatic N) is 2. The number of H-pyrrole nitrogens is 1. The molecule has 0 aliphatic carbocycles. The summed E-state index contributed by atoms with van der Waals surface area (Å²) in [6.07, 6.45) is 1.92. The maximum atomic E-state index is 6.07. The smallest absolute Gasteiger partial charge is 0.176 e. The molecule has 0 aliphatic heterocycles. The van der Waals surface area contributed by atoms with Gasteiger partial charge in [0.15, 0.2) is 5.82 Å². The molecule has 4 heteroatoms. The predicted octanol–water partition coefficient (Wildman–Crippen LogP) is 7.86. The fourth-order valence-electron chi connectivity index (χ4n) is 4.69. The number of para-hydroxylation sites is 1.